The highest BCUT2D eigenvalue weighted by molar-refractivity contribution is 7.21. The maximum absolute atomic E-state index is 14.3. The lowest BCUT2D eigenvalue weighted by molar-refractivity contribution is -0.127. The number of hydrogen-bond donors (Lipinski definition) is 2. The SMILES string of the molecule is COc1ccc(F)cc1C(O)(CO)Cn1c(=O)n(C(C)(C)C(=O)CC(C)C)c(=O)c2c(C)c(-n3nccn3)sc21. The maximum atomic E-state index is 14.3. The van der Waals surface area contributed by atoms with Crippen LogP contribution in [0.5, 0.6) is 5.75 Å². The number of benzene rings is 1. The molecular formula is C27H32FN5O6S. The molecular weight excluding hydrogens is 541 g/mol. The molecule has 0 aliphatic rings. The Kier molecular flexibility index (Phi) is 7.85. The van der Waals surface area contributed by atoms with E-state index in [0.29, 0.717) is 10.6 Å². The number of halogens is 1. The van der Waals surface area contributed by atoms with Crippen molar-refractivity contribution in [1.82, 2.24) is 24.1 Å². The fourth-order valence-electron chi connectivity index (χ4n) is 4.75. The number of ketones is 1. The molecule has 3 heterocycles. The van der Waals surface area contributed by atoms with E-state index in [0.717, 1.165) is 32.6 Å². The number of ether oxygens (including phenoxy) is 1. The molecule has 2 N–H and O–H groups in total. The van der Waals surface area contributed by atoms with E-state index in [1.165, 1.54) is 44.2 Å². The largest absolute Gasteiger partial charge is 0.496 e. The summed E-state index contributed by atoms with van der Waals surface area (Å²) in [5, 5.41) is 30.9. The van der Waals surface area contributed by atoms with E-state index in [4.69, 9.17) is 4.74 Å². The van der Waals surface area contributed by atoms with Crippen molar-refractivity contribution in [3.63, 3.8) is 0 Å². The van der Waals surface area contributed by atoms with Crippen LogP contribution in [0.2, 0.25) is 0 Å². The van der Waals surface area contributed by atoms with Crippen molar-refractivity contribution in [1.29, 1.82) is 0 Å². The lowest BCUT2D eigenvalue weighted by Crippen LogP contribution is -2.54. The first kappa shape index (κ1) is 29.3. The molecule has 0 radical (unpaired) electrons. The zero-order chi connectivity index (χ0) is 29.6. The summed E-state index contributed by atoms with van der Waals surface area (Å²) in [5.41, 5.74) is -4.93. The molecule has 0 bridgehead atoms. The number of carbonyl (C=O) groups excluding carboxylic acids is 1. The Hall–Kier alpha value is -3.68. The minimum absolute atomic E-state index is 0.0197. The number of nitrogens with zero attached hydrogens (tertiary/aromatic N) is 5. The summed E-state index contributed by atoms with van der Waals surface area (Å²) in [4.78, 5) is 42.9. The minimum atomic E-state index is -2.21. The Bertz CT molecular complexity index is 1690. The van der Waals surface area contributed by atoms with Gasteiger partial charge in [-0.3, -0.25) is 14.2 Å². The van der Waals surface area contributed by atoms with Gasteiger partial charge in [-0.2, -0.15) is 10.2 Å². The maximum Gasteiger partial charge on any atom is 0.333 e. The quantitative estimate of drug-likeness (QED) is 0.295. The predicted octanol–water partition coefficient (Wildman–Crippen LogP) is 2.49. The molecule has 0 aliphatic heterocycles. The van der Waals surface area contributed by atoms with Crippen LogP contribution < -0.4 is 16.0 Å². The first-order chi connectivity index (χ1) is 18.8. The van der Waals surface area contributed by atoms with Gasteiger partial charge in [0.05, 0.1) is 38.0 Å². The minimum Gasteiger partial charge on any atom is -0.496 e. The first-order valence-corrected chi connectivity index (χ1v) is 13.4. The van der Waals surface area contributed by atoms with Crippen LogP contribution in [0, 0.1) is 18.7 Å². The summed E-state index contributed by atoms with van der Waals surface area (Å²) in [6.45, 7) is 6.91. The van der Waals surface area contributed by atoms with Crippen molar-refractivity contribution in [3.05, 3.63) is 68.4 Å². The molecule has 0 fully saturated rings. The Morgan fingerprint density at radius 3 is 2.42 bits per heavy atom. The Morgan fingerprint density at radius 1 is 1.20 bits per heavy atom. The molecule has 40 heavy (non-hydrogen) atoms. The van der Waals surface area contributed by atoms with Gasteiger partial charge in [0.25, 0.3) is 5.56 Å². The van der Waals surface area contributed by atoms with E-state index >= 15 is 0 Å². The number of aromatic nitrogens is 5. The van der Waals surface area contributed by atoms with Gasteiger partial charge in [-0.1, -0.05) is 25.2 Å². The summed E-state index contributed by atoms with van der Waals surface area (Å²) in [6, 6.07) is 3.46. The Morgan fingerprint density at radius 2 is 1.85 bits per heavy atom. The highest BCUT2D eigenvalue weighted by Gasteiger charge is 2.39. The molecule has 0 aliphatic carbocycles. The molecule has 0 amide bonds. The van der Waals surface area contributed by atoms with Crippen LogP contribution in [0.4, 0.5) is 4.39 Å². The van der Waals surface area contributed by atoms with Crippen LogP contribution in [0.1, 0.15) is 45.2 Å². The van der Waals surface area contributed by atoms with Gasteiger partial charge in [-0.25, -0.2) is 13.8 Å². The van der Waals surface area contributed by atoms with Crippen LogP contribution in [0.3, 0.4) is 0 Å². The molecule has 13 heteroatoms. The summed E-state index contributed by atoms with van der Waals surface area (Å²) in [6.07, 6.45) is 3.05. The monoisotopic (exact) mass is 573 g/mol. The lowest BCUT2D eigenvalue weighted by atomic mass is 9.91. The molecule has 11 nitrogen and oxygen atoms in total. The molecule has 0 saturated heterocycles. The summed E-state index contributed by atoms with van der Waals surface area (Å²) < 4.78 is 21.6. The molecule has 4 aromatic rings. The topological polar surface area (TPSA) is 141 Å². The number of rotatable bonds is 10. The summed E-state index contributed by atoms with van der Waals surface area (Å²) in [5.74, 6) is -0.941. The van der Waals surface area contributed by atoms with E-state index in [9.17, 15) is 29.0 Å². The fourth-order valence-corrected chi connectivity index (χ4v) is 5.96. The van der Waals surface area contributed by atoms with Crippen molar-refractivity contribution in [3.8, 4) is 10.8 Å². The zero-order valence-electron chi connectivity index (χ0n) is 23.1. The molecule has 3 aromatic heterocycles. The standard InChI is InChI=1S/C27H32FN5O6S/c1-15(2)11-20(35)26(4,5)32-22(36)21-16(3)23(33-29-9-10-30-33)40-24(21)31(25(32)37)13-27(38,14-34)18-12-17(28)7-8-19(18)39-6/h7-10,12,15,34,38H,11,13-14H2,1-6H3. The van der Waals surface area contributed by atoms with Crippen molar-refractivity contribution >= 4 is 27.3 Å². The third kappa shape index (κ3) is 4.88. The van der Waals surface area contributed by atoms with Crippen LogP contribution in [0.15, 0.2) is 40.2 Å². The van der Waals surface area contributed by atoms with Crippen molar-refractivity contribution < 1.29 is 24.1 Å². The number of fused-ring (bicyclic) bond motifs is 1. The normalized spacial score (nSPS) is 13.7. The third-order valence-corrected chi connectivity index (χ3v) is 8.25. The average molecular weight is 574 g/mol. The molecule has 4 rings (SSSR count). The predicted molar refractivity (Wildman–Crippen MR) is 148 cm³/mol. The van der Waals surface area contributed by atoms with Crippen molar-refractivity contribution in [2.45, 2.75) is 58.7 Å². The fraction of sp³-hybridized carbons (Fsp3) is 0.444. The second-order valence-corrected chi connectivity index (χ2v) is 11.6. The molecule has 214 valence electrons. The summed E-state index contributed by atoms with van der Waals surface area (Å²) in [7, 11) is 1.33. The van der Waals surface area contributed by atoms with Gasteiger partial charge in [0.15, 0.2) is 5.78 Å². The number of Topliss-reactive ketones (excluding diaryl/α,β-unsaturated/α-hetero) is 1. The highest BCUT2D eigenvalue weighted by Crippen LogP contribution is 2.35. The number of aliphatic hydroxyl groups is 2. The van der Waals surface area contributed by atoms with E-state index in [1.807, 2.05) is 13.8 Å². The molecule has 0 spiro atoms. The van der Waals surface area contributed by atoms with E-state index in [2.05, 4.69) is 10.2 Å². The van der Waals surface area contributed by atoms with Crippen LogP contribution >= 0.6 is 11.3 Å². The average Bonchev–Trinajstić information content (AvgIpc) is 3.54. The van der Waals surface area contributed by atoms with E-state index < -0.39 is 41.4 Å². The van der Waals surface area contributed by atoms with Gasteiger partial charge in [0.1, 0.15) is 32.5 Å². The molecule has 1 unspecified atom stereocenters. The van der Waals surface area contributed by atoms with Crippen molar-refractivity contribution in [2.75, 3.05) is 13.7 Å². The second kappa shape index (κ2) is 10.7. The molecule has 1 atom stereocenters. The number of thiophene rings is 1. The number of carbonyl (C=O) groups is 1. The smallest absolute Gasteiger partial charge is 0.333 e. The van der Waals surface area contributed by atoms with E-state index in [-0.39, 0.29) is 39.7 Å². The second-order valence-electron chi connectivity index (χ2n) is 10.7. The van der Waals surface area contributed by atoms with Gasteiger partial charge in [-0.15, -0.1) is 4.80 Å². The first-order valence-electron chi connectivity index (χ1n) is 12.6. The highest BCUT2D eigenvalue weighted by atomic mass is 32.1. The third-order valence-electron chi connectivity index (χ3n) is 6.97. The van der Waals surface area contributed by atoms with Gasteiger partial charge < -0.3 is 14.9 Å². The Balaban J connectivity index is 2.08. The van der Waals surface area contributed by atoms with Crippen LogP contribution in [-0.2, 0) is 22.5 Å². The number of hydrogen-bond acceptors (Lipinski definition) is 9. The lowest BCUT2D eigenvalue weighted by Gasteiger charge is -2.31. The van der Waals surface area contributed by atoms with Gasteiger partial charge in [0, 0.05) is 17.5 Å². The van der Waals surface area contributed by atoms with Gasteiger partial charge in [-0.05, 0) is 44.9 Å². The number of methoxy groups -OCH3 is 1. The van der Waals surface area contributed by atoms with Crippen LogP contribution in [0.25, 0.3) is 15.2 Å². The van der Waals surface area contributed by atoms with Crippen molar-refractivity contribution in [2.24, 2.45) is 5.92 Å². The van der Waals surface area contributed by atoms with E-state index in [1.54, 1.807) is 6.92 Å². The summed E-state index contributed by atoms with van der Waals surface area (Å²) >= 11 is 1.04. The van der Waals surface area contributed by atoms with Gasteiger partial charge in [0.2, 0.25) is 0 Å². The Labute approximate surface area is 233 Å². The van der Waals surface area contributed by atoms with Crippen LogP contribution in [-0.4, -0.2) is 53.8 Å². The zero-order valence-corrected chi connectivity index (χ0v) is 24.0. The van der Waals surface area contributed by atoms with Gasteiger partial charge >= 0.3 is 5.69 Å². The number of aryl methyl sites for hydroxylation is 1. The molecule has 0 saturated carbocycles. The number of aliphatic hydroxyl groups excluding tert-OH is 1. The molecule has 1 aromatic carbocycles.